The number of ether oxygens (including phenoxy) is 1. The number of para-hydroxylation sites is 1. The number of aromatic nitrogens is 2. The molecule has 4 aromatic rings. The predicted octanol–water partition coefficient (Wildman–Crippen LogP) is 6.60. The van der Waals surface area contributed by atoms with E-state index >= 15 is 0 Å². The zero-order valence-corrected chi connectivity index (χ0v) is 20.6. The van der Waals surface area contributed by atoms with Crippen molar-refractivity contribution in [2.75, 3.05) is 5.32 Å². The van der Waals surface area contributed by atoms with Gasteiger partial charge in [-0.3, -0.25) is 9.48 Å². The van der Waals surface area contributed by atoms with Crippen molar-refractivity contribution in [3.8, 4) is 5.75 Å². The molecule has 1 N–H and O–H groups in total. The molecule has 0 radical (unpaired) electrons. The van der Waals surface area contributed by atoms with Gasteiger partial charge in [-0.05, 0) is 74.2 Å². The third-order valence-corrected chi connectivity index (χ3v) is 6.07. The van der Waals surface area contributed by atoms with Crippen LogP contribution in [0.15, 0.2) is 87.9 Å². The van der Waals surface area contributed by atoms with Crippen LogP contribution >= 0.6 is 31.9 Å². The lowest BCUT2D eigenvalue weighted by Gasteiger charge is -2.09. The van der Waals surface area contributed by atoms with Gasteiger partial charge in [-0.2, -0.15) is 5.10 Å². The SMILES string of the molecule is Cc1ccc(Cn2cc(Br)c(NC(=O)c3cccc(COc4ccccc4Br)c3)n2)cc1. The van der Waals surface area contributed by atoms with Crippen molar-refractivity contribution in [2.45, 2.75) is 20.1 Å². The van der Waals surface area contributed by atoms with Crippen LogP contribution in [0.3, 0.4) is 0 Å². The minimum atomic E-state index is -0.228. The highest BCUT2D eigenvalue weighted by Crippen LogP contribution is 2.25. The second kappa shape index (κ2) is 10.1. The average Bonchev–Trinajstić information content (AvgIpc) is 3.13. The van der Waals surface area contributed by atoms with Gasteiger partial charge in [0.25, 0.3) is 5.91 Å². The summed E-state index contributed by atoms with van der Waals surface area (Å²) >= 11 is 6.97. The Morgan fingerprint density at radius 2 is 1.75 bits per heavy atom. The fraction of sp³-hybridized carbons (Fsp3) is 0.120. The van der Waals surface area contributed by atoms with E-state index < -0.39 is 0 Å². The Labute approximate surface area is 203 Å². The number of amides is 1. The maximum absolute atomic E-state index is 12.8. The highest BCUT2D eigenvalue weighted by Gasteiger charge is 2.13. The molecule has 1 heterocycles. The summed E-state index contributed by atoms with van der Waals surface area (Å²) < 4.78 is 9.28. The molecule has 0 atom stereocenters. The molecule has 0 saturated carbocycles. The van der Waals surface area contributed by atoms with E-state index in [0.717, 1.165) is 25.8 Å². The van der Waals surface area contributed by atoms with Crippen LogP contribution in [0.5, 0.6) is 5.75 Å². The summed E-state index contributed by atoms with van der Waals surface area (Å²) in [6, 6.07) is 23.3. The van der Waals surface area contributed by atoms with Gasteiger partial charge in [0.05, 0.1) is 15.5 Å². The molecule has 0 saturated heterocycles. The molecule has 5 nitrogen and oxygen atoms in total. The van der Waals surface area contributed by atoms with Gasteiger partial charge in [-0.1, -0.05) is 54.1 Å². The summed E-state index contributed by atoms with van der Waals surface area (Å²) in [5.41, 5.74) is 3.80. The molecule has 7 heteroatoms. The van der Waals surface area contributed by atoms with Gasteiger partial charge in [-0.25, -0.2) is 0 Å². The van der Waals surface area contributed by atoms with E-state index in [1.165, 1.54) is 5.56 Å². The Hall–Kier alpha value is -2.90. The Morgan fingerprint density at radius 3 is 2.53 bits per heavy atom. The number of carbonyl (C=O) groups excluding carboxylic acids is 1. The van der Waals surface area contributed by atoms with Crippen molar-refractivity contribution in [2.24, 2.45) is 0 Å². The number of halogens is 2. The zero-order chi connectivity index (χ0) is 22.5. The minimum absolute atomic E-state index is 0.228. The minimum Gasteiger partial charge on any atom is -0.488 e. The fourth-order valence-electron chi connectivity index (χ4n) is 3.15. The van der Waals surface area contributed by atoms with Gasteiger partial charge in [-0.15, -0.1) is 0 Å². The number of carbonyl (C=O) groups is 1. The molecule has 0 spiro atoms. The lowest BCUT2D eigenvalue weighted by molar-refractivity contribution is 0.102. The van der Waals surface area contributed by atoms with Crippen molar-refractivity contribution in [3.05, 3.63) is 110 Å². The van der Waals surface area contributed by atoms with Crippen LogP contribution in [0.2, 0.25) is 0 Å². The molecule has 0 bridgehead atoms. The fourth-order valence-corrected chi connectivity index (χ4v) is 3.96. The molecule has 1 aromatic heterocycles. The maximum atomic E-state index is 12.8. The average molecular weight is 555 g/mol. The van der Waals surface area contributed by atoms with E-state index in [2.05, 4.69) is 73.5 Å². The molecule has 0 fully saturated rings. The molecular formula is C25H21Br2N3O2. The molecule has 3 aromatic carbocycles. The van der Waals surface area contributed by atoms with Crippen LogP contribution in [-0.4, -0.2) is 15.7 Å². The monoisotopic (exact) mass is 553 g/mol. The normalized spacial score (nSPS) is 10.7. The molecule has 32 heavy (non-hydrogen) atoms. The van der Waals surface area contributed by atoms with Crippen LogP contribution in [0, 0.1) is 6.92 Å². The number of benzene rings is 3. The van der Waals surface area contributed by atoms with Crippen LogP contribution in [-0.2, 0) is 13.2 Å². The first kappa shape index (κ1) is 22.3. The Morgan fingerprint density at radius 1 is 0.969 bits per heavy atom. The Bertz CT molecular complexity index is 1240. The summed E-state index contributed by atoms with van der Waals surface area (Å²) in [6.07, 6.45) is 1.86. The molecule has 0 unspecified atom stereocenters. The third-order valence-electron chi connectivity index (χ3n) is 4.83. The van der Waals surface area contributed by atoms with E-state index in [9.17, 15) is 4.79 Å². The number of nitrogens with one attached hydrogen (secondary N) is 1. The first-order chi connectivity index (χ1) is 15.5. The quantitative estimate of drug-likeness (QED) is 0.280. The van der Waals surface area contributed by atoms with E-state index in [1.807, 2.05) is 48.7 Å². The summed E-state index contributed by atoms with van der Waals surface area (Å²) in [5.74, 6) is 1.01. The molecule has 1 amide bonds. The van der Waals surface area contributed by atoms with Crippen molar-refractivity contribution in [1.82, 2.24) is 9.78 Å². The smallest absolute Gasteiger partial charge is 0.256 e. The van der Waals surface area contributed by atoms with Crippen molar-refractivity contribution < 1.29 is 9.53 Å². The molecule has 0 aliphatic rings. The van der Waals surface area contributed by atoms with E-state index in [1.54, 1.807) is 10.7 Å². The summed E-state index contributed by atoms with van der Waals surface area (Å²) in [5, 5.41) is 7.39. The topological polar surface area (TPSA) is 56.2 Å². The van der Waals surface area contributed by atoms with Crippen molar-refractivity contribution >= 4 is 43.6 Å². The Kier molecular flexibility index (Phi) is 7.07. The van der Waals surface area contributed by atoms with E-state index in [-0.39, 0.29) is 5.91 Å². The van der Waals surface area contributed by atoms with Crippen LogP contribution in [0.1, 0.15) is 27.0 Å². The highest BCUT2D eigenvalue weighted by molar-refractivity contribution is 9.11. The van der Waals surface area contributed by atoms with Crippen molar-refractivity contribution in [1.29, 1.82) is 0 Å². The van der Waals surface area contributed by atoms with Gasteiger partial charge < -0.3 is 10.1 Å². The van der Waals surface area contributed by atoms with Gasteiger partial charge >= 0.3 is 0 Å². The zero-order valence-electron chi connectivity index (χ0n) is 17.4. The number of hydrogen-bond donors (Lipinski definition) is 1. The summed E-state index contributed by atoms with van der Waals surface area (Å²) in [4.78, 5) is 12.8. The molecular weight excluding hydrogens is 534 g/mol. The lowest BCUT2D eigenvalue weighted by atomic mass is 10.1. The van der Waals surface area contributed by atoms with Crippen LogP contribution in [0.4, 0.5) is 5.82 Å². The molecule has 162 valence electrons. The third kappa shape index (κ3) is 5.66. The first-order valence-corrected chi connectivity index (χ1v) is 11.6. The second-order valence-corrected chi connectivity index (χ2v) is 9.09. The van der Waals surface area contributed by atoms with Gasteiger partial charge in [0.1, 0.15) is 12.4 Å². The van der Waals surface area contributed by atoms with Gasteiger partial charge in [0, 0.05) is 11.8 Å². The van der Waals surface area contributed by atoms with Crippen LogP contribution < -0.4 is 10.1 Å². The lowest BCUT2D eigenvalue weighted by Crippen LogP contribution is -2.13. The van der Waals surface area contributed by atoms with Gasteiger partial charge in [0.15, 0.2) is 5.82 Å². The number of hydrogen-bond acceptors (Lipinski definition) is 3. The standard InChI is InChI=1S/C25H21Br2N3O2/c1-17-9-11-18(12-10-17)14-30-15-22(27)24(29-30)28-25(31)20-6-4-5-19(13-20)16-32-23-8-3-2-7-21(23)26/h2-13,15H,14,16H2,1H3,(H,28,29,31). The molecule has 0 aliphatic heterocycles. The molecule has 0 aliphatic carbocycles. The van der Waals surface area contributed by atoms with Crippen LogP contribution in [0.25, 0.3) is 0 Å². The number of nitrogens with zero attached hydrogens (tertiary/aromatic N) is 2. The van der Waals surface area contributed by atoms with E-state index in [0.29, 0.717) is 24.5 Å². The largest absolute Gasteiger partial charge is 0.488 e. The number of rotatable bonds is 7. The summed E-state index contributed by atoms with van der Waals surface area (Å²) in [7, 11) is 0. The van der Waals surface area contributed by atoms with E-state index in [4.69, 9.17) is 4.74 Å². The number of anilines is 1. The Balaban J connectivity index is 1.41. The number of aryl methyl sites for hydroxylation is 1. The summed E-state index contributed by atoms with van der Waals surface area (Å²) in [6.45, 7) is 3.04. The van der Waals surface area contributed by atoms with Gasteiger partial charge in [0.2, 0.25) is 0 Å². The van der Waals surface area contributed by atoms with Crippen molar-refractivity contribution in [3.63, 3.8) is 0 Å². The first-order valence-electron chi connectivity index (χ1n) is 10.0. The predicted molar refractivity (Wildman–Crippen MR) is 133 cm³/mol. The maximum Gasteiger partial charge on any atom is 0.256 e. The molecule has 4 rings (SSSR count). The highest BCUT2D eigenvalue weighted by atomic mass is 79.9. The second-order valence-electron chi connectivity index (χ2n) is 7.38.